The average Bonchev–Trinajstić information content (AvgIpc) is 2.82. The molecule has 0 unspecified atom stereocenters. The first kappa shape index (κ1) is 16.0. The second-order valence-electron chi connectivity index (χ2n) is 5.43. The molecule has 118 valence electrons. The van der Waals surface area contributed by atoms with Crippen molar-refractivity contribution in [3.8, 4) is 11.1 Å². The van der Waals surface area contributed by atoms with Crippen molar-refractivity contribution in [3.63, 3.8) is 0 Å². The van der Waals surface area contributed by atoms with Crippen LogP contribution >= 0.6 is 23.4 Å². The lowest BCUT2D eigenvalue weighted by atomic mass is 10.1. The number of fused-ring (bicyclic) bond motifs is 1. The first-order valence-electron chi connectivity index (χ1n) is 7.21. The molecule has 4 nitrogen and oxygen atoms in total. The first-order chi connectivity index (χ1) is 11.0. The van der Waals surface area contributed by atoms with Crippen LogP contribution in [-0.4, -0.2) is 26.1 Å². The van der Waals surface area contributed by atoms with Gasteiger partial charge in [0, 0.05) is 16.3 Å². The Morgan fingerprint density at radius 2 is 1.96 bits per heavy atom. The summed E-state index contributed by atoms with van der Waals surface area (Å²) in [5.74, 6) is 0.563. The van der Waals surface area contributed by atoms with Crippen LogP contribution in [0.5, 0.6) is 0 Å². The highest BCUT2D eigenvalue weighted by atomic mass is 35.5. The topological polar surface area (TPSA) is 47.3 Å². The summed E-state index contributed by atoms with van der Waals surface area (Å²) >= 11 is 7.46. The largest absolute Gasteiger partial charge is 0.299 e. The minimum Gasteiger partial charge on any atom is -0.299 e. The summed E-state index contributed by atoms with van der Waals surface area (Å²) in [6.45, 7) is 5.50. The van der Waals surface area contributed by atoms with Crippen LogP contribution in [0.25, 0.3) is 16.8 Å². The summed E-state index contributed by atoms with van der Waals surface area (Å²) in [7, 11) is 0. The lowest BCUT2D eigenvalue weighted by molar-refractivity contribution is -0.114. The summed E-state index contributed by atoms with van der Waals surface area (Å²) in [5, 5.41) is 6.24. The van der Waals surface area contributed by atoms with E-state index in [0.29, 0.717) is 10.8 Å². The van der Waals surface area contributed by atoms with Crippen LogP contribution in [0.15, 0.2) is 35.4 Å². The molecule has 2 aromatic heterocycles. The van der Waals surface area contributed by atoms with Crippen LogP contribution in [0.4, 0.5) is 0 Å². The lowest BCUT2D eigenvalue weighted by Crippen LogP contribution is -2.00. The molecule has 6 heteroatoms. The fourth-order valence-electron chi connectivity index (χ4n) is 2.44. The number of aryl methyl sites for hydroxylation is 2. The quantitative estimate of drug-likeness (QED) is 0.521. The van der Waals surface area contributed by atoms with Gasteiger partial charge in [0.25, 0.3) is 0 Å². The summed E-state index contributed by atoms with van der Waals surface area (Å²) < 4.78 is 1.82. The van der Waals surface area contributed by atoms with Gasteiger partial charge in [-0.15, -0.1) is 0 Å². The van der Waals surface area contributed by atoms with Gasteiger partial charge in [0.15, 0.2) is 5.65 Å². The van der Waals surface area contributed by atoms with Gasteiger partial charge in [0.05, 0.1) is 11.4 Å². The molecule has 0 amide bonds. The van der Waals surface area contributed by atoms with Crippen molar-refractivity contribution >= 4 is 34.8 Å². The number of hydrogen-bond acceptors (Lipinski definition) is 4. The Bertz CT molecular complexity index is 887. The van der Waals surface area contributed by atoms with Gasteiger partial charge in [-0.25, -0.2) is 9.50 Å². The molecule has 0 N–H and O–H groups in total. The molecule has 0 aliphatic heterocycles. The van der Waals surface area contributed by atoms with Crippen LogP contribution in [0.2, 0.25) is 5.02 Å². The van der Waals surface area contributed by atoms with Gasteiger partial charge in [-0.2, -0.15) is 5.10 Å². The SMILES string of the molecule is CC(=O)CSc1cc(C)nc2c(-c3ccc(Cl)cc3)c(C)nn12. The first-order valence-corrected chi connectivity index (χ1v) is 8.57. The van der Waals surface area contributed by atoms with Crippen LogP contribution in [0.1, 0.15) is 18.3 Å². The van der Waals surface area contributed by atoms with E-state index >= 15 is 0 Å². The van der Waals surface area contributed by atoms with E-state index < -0.39 is 0 Å². The van der Waals surface area contributed by atoms with Crippen LogP contribution in [0.3, 0.4) is 0 Å². The van der Waals surface area contributed by atoms with Gasteiger partial charge < -0.3 is 0 Å². The number of aromatic nitrogens is 3. The van der Waals surface area contributed by atoms with Crippen molar-refractivity contribution in [1.29, 1.82) is 0 Å². The van der Waals surface area contributed by atoms with E-state index in [4.69, 9.17) is 11.6 Å². The standard InChI is InChI=1S/C17H16ClN3OS/c1-10-8-15(23-9-11(2)22)21-17(19-10)16(12(3)20-21)13-4-6-14(18)7-5-13/h4-8H,9H2,1-3H3. The van der Waals surface area contributed by atoms with Crippen molar-refractivity contribution in [2.75, 3.05) is 5.75 Å². The smallest absolute Gasteiger partial charge is 0.164 e. The molecule has 0 bridgehead atoms. The molecule has 23 heavy (non-hydrogen) atoms. The van der Waals surface area contributed by atoms with Crippen molar-refractivity contribution in [2.45, 2.75) is 25.8 Å². The normalized spacial score (nSPS) is 11.1. The fourth-order valence-corrected chi connectivity index (χ4v) is 3.42. The molecule has 0 radical (unpaired) electrons. The third-order valence-corrected chi connectivity index (χ3v) is 4.81. The number of rotatable bonds is 4. The van der Waals surface area contributed by atoms with E-state index in [9.17, 15) is 4.79 Å². The van der Waals surface area contributed by atoms with E-state index in [1.165, 1.54) is 11.8 Å². The second kappa shape index (κ2) is 6.34. The molecule has 0 atom stereocenters. The summed E-state index contributed by atoms with van der Waals surface area (Å²) in [5.41, 5.74) is 4.63. The monoisotopic (exact) mass is 345 g/mol. The zero-order chi connectivity index (χ0) is 16.6. The van der Waals surface area contributed by atoms with Crippen molar-refractivity contribution in [2.24, 2.45) is 0 Å². The molecule has 0 saturated heterocycles. The van der Waals surface area contributed by atoms with Crippen molar-refractivity contribution in [1.82, 2.24) is 14.6 Å². The summed E-state index contributed by atoms with van der Waals surface area (Å²) in [6, 6.07) is 9.62. The Balaban J connectivity index is 2.18. The Morgan fingerprint density at radius 1 is 1.26 bits per heavy atom. The van der Waals surface area contributed by atoms with E-state index in [2.05, 4.69) is 10.1 Å². The van der Waals surface area contributed by atoms with Gasteiger partial charge in [-0.05, 0) is 44.5 Å². The highest BCUT2D eigenvalue weighted by molar-refractivity contribution is 7.99. The molecule has 0 aliphatic rings. The highest BCUT2D eigenvalue weighted by Gasteiger charge is 2.16. The molecule has 0 aliphatic carbocycles. The number of benzene rings is 1. The van der Waals surface area contributed by atoms with Gasteiger partial charge in [-0.3, -0.25) is 4.79 Å². The molecule has 1 aromatic carbocycles. The molecule has 2 heterocycles. The van der Waals surface area contributed by atoms with Gasteiger partial charge in [0.2, 0.25) is 0 Å². The lowest BCUT2D eigenvalue weighted by Gasteiger charge is -2.06. The fraction of sp³-hybridized carbons (Fsp3) is 0.235. The Hall–Kier alpha value is -1.85. The maximum absolute atomic E-state index is 11.3. The summed E-state index contributed by atoms with van der Waals surface area (Å²) in [6.07, 6.45) is 0. The molecular weight excluding hydrogens is 330 g/mol. The van der Waals surface area contributed by atoms with E-state index in [-0.39, 0.29) is 5.78 Å². The number of thioether (sulfide) groups is 1. The Morgan fingerprint density at radius 3 is 2.61 bits per heavy atom. The molecular formula is C17H16ClN3OS. The minimum absolute atomic E-state index is 0.138. The van der Waals surface area contributed by atoms with Crippen LogP contribution in [-0.2, 0) is 4.79 Å². The number of hydrogen-bond donors (Lipinski definition) is 0. The van der Waals surface area contributed by atoms with Crippen LogP contribution in [0, 0.1) is 13.8 Å². The molecule has 0 fully saturated rings. The highest BCUT2D eigenvalue weighted by Crippen LogP contribution is 2.31. The van der Waals surface area contributed by atoms with Gasteiger partial charge in [0.1, 0.15) is 10.8 Å². The zero-order valence-electron chi connectivity index (χ0n) is 13.1. The minimum atomic E-state index is 0.138. The van der Waals surface area contributed by atoms with Crippen molar-refractivity contribution in [3.05, 3.63) is 46.7 Å². The number of halogens is 1. The van der Waals surface area contributed by atoms with E-state index in [0.717, 1.165) is 33.2 Å². The molecule has 3 rings (SSSR count). The van der Waals surface area contributed by atoms with Crippen LogP contribution < -0.4 is 0 Å². The maximum atomic E-state index is 11.3. The Labute approximate surface area is 143 Å². The number of Topliss-reactive ketones (excluding diaryl/α,β-unsaturated/α-hetero) is 1. The summed E-state index contributed by atoms with van der Waals surface area (Å²) in [4.78, 5) is 15.9. The predicted octanol–water partition coefficient (Wildman–Crippen LogP) is 4.35. The third-order valence-electron chi connectivity index (χ3n) is 3.42. The molecule has 0 spiro atoms. The Kier molecular flexibility index (Phi) is 4.41. The zero-order valence-corrected chi connectivity index (χ0v) is 14.7. The second-order valence-corrected chi connectivity index (χ2v) is 6.86. The number of nitrogens with zero attached hydrogens (tertiary/aromatic N) is 3. The van der Waals surface area contributed by atoms with Crippen molar-refractivity contribution < 1.29 is 4.79 Å². The third kappa shape index (κ3) is 3.26. The number of ketones is 1. The van der Waals surface area contributed by atoms with Gasteiger partial charge >= 0.3 is 0 Å². The van der Waals surface area contributed by atoms with E-state index in [1.807, 2.05) is 48.7 Å². The maximum Gasteiger partial charge on any atom is 0.164 e. The molecule has 0 saturated carbocycles. The van der Waals surface area contributed by atoms with E-state index in [1.54, 1.807) is 6.92 Å². The number of carbonyl (C=O) groups excluding carboxylic acids is 1. The number of carbonyl (C=O) groups is 1. The average molecular weight is 346 g/mol. The van der Waals surface area contributed by atoms with Gasteiger partial charge in [-0.1, -0.05) is 35.5 Å². The molecule has 3 aromatic rings. The predicted molar refractivity (Wildman–Crippen MR) is 94.3 cm³/mol.